The maximum atomic E-state index is 11.0. The molecule has 0 spiro atoms. The number of rotatable bonds is 3. The van der Waals surface area contributed by atoms with Crippen molar-refractivity contribution in [3.8, 4) is 0 Å². The molecule has 0 aromatic rings. The number of alkyl carbamates (subject to hydrolysis) is 1. The largest absolute Gasteiger partial charge is 0.444 e. The first kappa shape index (κ1) is 12.7. The van der Waals surface area contributed by atoms with Gasteiger partial charge in [0.2, 0.25) is 6.04 Å². The van der Waals surface area contributed by atoms with Crippen LogP contribution < -0.4 is 5.32 Å². The van der Waals surface area contributed by atoms with Crippen molar-refractivity contribution in [2.24, 2.45) is 0 Å². The molecule has 1 N–H and O–H groups in total. The molecule has 0 unspecified atom stereocenters. The third-order valence-electron chi connectivity index (χ3n) is 1.30. The molecule has 0 aliphatic rings. The first-order chi connectivity index (χ1) is 6.22. The Morgan fingerprint density at radius 1 is 1.57 bits per heavy atom. The van der Waals surface area contributed by atoms with Crippen LogP contribution in [0.15, 0.2) is 0 Å². The maximum absolute atomic E-state index is 11.0. The number of ether oxygens (including phenoxy) is 1. The first-order valence-corrected chi connectivity index (χ1v) is 4.32. The number of amides is 1. The standard InChI is InChI=1S/C8H16N2O4/c1-6(10(12)13)5-9-7(11)14-8(2,3)4/h6H,5H2,1-4H3,(H,9,11)/t6-/m0/s1. The number of hydrogen-bond donors (Lipinski definition) is 1. The number of nitrogens with one attached hydrogen (secondary N) is 1. The average molecular weight is 204 g/mol. The van der Waals surface area contributed by atoms with Crippen LogP contribution in [-0.2, 0) is 4.74 Å². The van der Waals surface area contributed by atoms with Crippen molar-refractivity contribution < 1.29 is 14.5 Å². The molecule has 0 bridgehead atoms. The summed E-state index contributed by atoms with van der Waals surface area (Å²) in [6.07, 6.45) is -0.633. The molecule has 1 atom stereocenters. The van der Waals surface area contributed by atoms with E-state index >= 15 is 0 Å². The Labute approximate surface area is 82.8 Å². The second kappa shape index (κ2) is 4.78. The lowest BCUT2D eigenvalue weighted by Crippen LogP contribution is -2.38. The molecular weight excluding hydrogens is 188 g/mol. The molecule has 0 aliphatic carbocycles. The van der Waals surface area contributed by atoms with E-state index in [4.69, 9.17) is 4.74 Å². The highest BCUT2D eigenvalue weighted by atomic mass is 16.6. The first-order valence-electron chi connectivity index (χ1n) is 4.32. The highest BCUT2D eigenvalue weighted by Gasteiger charge is 2.18. The predicted octanol–water partition coefficient (Wildman–Crippen LogP) is 1.18. The van der Waals surface area contributed by atoms with Crippen LogP contribution in [0.3, 0.4) is 0 Å². The van der Waals surface area contributed by atoms with Crippen LogP contribution in [0, 0.1) is 10.1 Å². The van der Waals surface area contributed by atoms with Gasteiger partial charge in [0.05, 0.1) is 6.54 Å². The van der Waals surface area contributed by atoms with E-state index in [9.17, 15) is 14.9 Å². The van der Waals surface area contributed by atoms with Crippen LogP contribution in [0.1, 0.15) is 27.7 Å². The third kappa shape index (κ3) is 6.22. The van der Waals surface area contributed by atoms with Crippen LogP contribution in [0.4, 0.5) is 4.79 Å². The minimum Gasteiger partial charge on any atom is -0.444 e. The average Bonchev–Trinajstić information content (AvgIpc) is 1.96. The Balaban J connectivity index is 3.81. The second-order valence-electron chi connectivity index (χ2n) is 4.02. The Morgan fingerprint density at radius 2 is 2.07 bits per heavy atom. The number of carbonyl (C=O) groups excluding carboxylic acids is 1. The van der Waals surface area contributed by atoms with Crippen LogP contribution in [0.2, 0.25) is 0 Å². The molecule has 0 rings (SSSR count). The van der Waals surface area contributed by atoms with Gasteiger partial charge in [-0.3, -0.25) is 10.1 Å². The Kier molecular flexibility index (Phi) is 4.33. The summed E-state index contributed by atoms with van der Waals surface area (Å²) in [7, 11) is 0. The zero-order chi connectivity index (χ0) is 11.4. The van der Waals surface area contributed by atoms with Crippen LogP contribution >= 0.6 is 0 Å². The lowest BCUT2D eigenvalue weighted by atomic mass is 10.2. The van der Waals surface area contributed by atoms with Gasteiger partial charge in [-0.25, -0.2) is 4.79 Å². The fraction of sp³-hybridized carbons (Fsp3) is 0.875. The smallest absolute Gasteiger partial charge is 0.407 e. The Hall–Kier alpha value is -1.33. The lowest BCUT2D eigenvalue weighted by molar-refractivity contribution is -0.515. The van der Waals surface area contributed by atoms with Crippen molar-refractivity contribution in [2.75, 3.05) is 6.54 Å². The third-order valence-corrected chi connectivity index (χ3v) is 1.30. The van der Waals surface area contributed by atoms with Gasteiger partial charge in [-0.15, -0.1) is 0 Å². The van der Waals surface area contributed by atoms with Crippen LogP contribution in [0.5, 0.6) is 0 Å². The topological polar surface area (TPSA) is 81.5 Å². The Morgan fingerprint density at radius 3 is 2.43 bits per heavy atom. The SMILES string of the molecule is C[C@@H](CNC(=O)OC(C)(C)C)[N+](=O)[O-]. The lowest BCUT2D eigenvalue weighted by Gasteiger charge is -2.19. The highest BCUT2D eigenvalue weighted by molar-refractivity contribution is 5.67. The van der Waals surface area contributed by atoms with Crippen molar-refractivity contribution in [2.45, 2.75) is 39.3 Å². The summed E-state index contributed by atoms with van der Waals surface area (Å²) in [5.74, 6) is 0. The van der Waals surface area contributed by atoms with E-state index in [0.717, 1.165) is 0 Å². The highest BCUT2D eigenvalue weighted by Crippen LogP contribution is 2.06. The molecule has 6 nitrogen and oxygen atoms in total. The number of carbonyl (C=O) groups is 1. The van der Waals surface area contributed by atoms with Crippen molar-refractivity contribution >= 4 is 6.09 Å². The van der Waals surface area contributed by atoms with Crippen molar-refractivity contribution in [3.05, 3.63) is 10.1 Å². The monoisotopic (exact) mass is 204 g/mol. The summed E-state index contributed by atoms with van der Waals surface area (Å²) in [5.41, 5.74) is -0.581. The number of nitrogens with zero attached hydrogens (tertiary/aromatic N) is 1. The van der Waals surface area contributed by atoms with Gasteiger partial charge < -0.3 is 10.1 Å². The molecule has 6 heteroatoms. The number of nitro groups is 1. The van der Waals surface area contributed by atoms with E-state index in [-0.39, 0.29) is 6.54 Å². The molecule has 0 aromatic carbocycles. The minimum absolute atomic E-state index is 0.0259. The van der Waals surface area contributed by atoms with E-state index < -0.39 is 22.7 Å². The van der Waals surface area contributed by atoms with Crippen molar-refractivity contribution in [3.63, 3.8) is 0 Å². The Bertz CT molecular complexity index is 222. The molecule has 82 valence electrons. The van der Waals surface area contributed by atoms with Gasteiger partial charge in [0.1, 0.15) is 5.60 Å². The van der Waals surface area contributed by atoms with Crippen molar-refractivity contribution in [1.82, 2.24) is 5.32 Å². The second-order valence-corrected chi connectivity index (χ2v) is 4.02. The molecule has 0 saturated carbocycles. The summed E-state index contributed by atoms with van der Waals surface area (Å²) in [4.78, 5) is 20.8. The molecular formula is C8H16N2O4. The van der Waals surface area contributed by atoms with Crippen molar-refractivity contribution in [1.29, 1.82) is 0 Å². The van der Waals surface area contributed by atoms with Gasteiger partial charge in [-0.05, 0) is 20.8 Å². The van der Waals surface area contributed by atoms with Gasteiger partial charge >= 0.3 is 6.09 Å². The van der Waals surface area contributed by atoms with Gasteiger partial charge in [0, 0.05) is 11.8 Å². The molecule has 0 heterocycles. The summed E-state index contributed by atoms with van der Waals surface area (Å²) in [5, 5.41) is 12.5. The van der Waals surface area contributed by atoms with Gasteiger partial charge in [0.15, 0.2) is 0 Å². The van der Waals surface area contributed by atoms with E-state index in [2.05, 4.69) is 5.32 Å². The maximum Gasteiger partial charge on any atom is 0.407 e. The fourth-order valence-electron chi connectivity index (χ4n) is 0.620. The van der Waals surface area contributed by atoms with E-state index in [0.29, 0.717) is 0 Å². The predicted molar refractivity (Wildman–Crippen MR) is 50.7 cm³/mol. The summed E-state index contributed by atoms with van der Waals surface area (Å²) in [6.45, 7) is 6.57. The molecule has 0 saturated heterocycles. The van der Waals surface area contributed by atoms with E-state index in [1.165, 1.54) is 6.92 Å². The zero-order valence-corrected chi connectivity index (χ0v) is 8.86. The molecule has 0 aliphatic heterocycles. The van der Waals surface area contributed by atoms with Crippen LogP contribution in [-0.4, -0.2) is 29.2 Å². The molecule has 0 fully saturated rings. The van der Waals surface area contributed by atoms with Crippen LogP contribution in [0.25, 0.3) is 0 Å². The zero-order valence-electron chi connectivity index (χ0n) is 8.86. The molecule has 0 aromatic heterocycles. The summed E-state index contributed by atoms with van der Waals surface area (Å²) < 4.78 is 4.90. The van der Waals surface area contributed by atoms with Gasteiger partial charge in [-0.2, -0.15) is 0 Å². The van der Waals surface area contributed by atoms with E-state index in [1.54, 1.807) is 20.8 Å². The molecule has 0 radical (unpaired) electrons. The molecule has 1 amide bonds. The van der Waals surface area contributed by atoms with Gasteiger partial charge in [-0.1, -0.05) is 0 Å². The van der Waals surface area contributed by atoms with E-state index in [1.807, 2.05) is 0 Å². The quantitative estimate of drug-likeness (QED) is 0.552. The molecule has 14 heavy (non-hydrogen) atoms. The summed E-state index contributed by atoms with van der Waals surface area (Å²) >= 11 is 0. The normalized spacial score (nSPS) is 13.1. The fourth-order valence-corrected chi connectivity index (χ4v) is 0.620. The van der Waals surface area contributed by atoms with Gasteiger partial charge in [0.25, 0.3) is 0 Å². The minimum atomic E-state index is -0.803. The number of hydrogen-bond acceptors (Lipinski definition) is 4. The summed E-state index contributed by atoms with van der Waals surface area (Å²) in [6, 6.07) is -0.803.